The first-order chi connectivity index (χ1) is 12.6. The normalized spacial score (nSPS) is 10.8. The van der Waals surface area contributed by atoms with Crippen LogP contribution in [0.1, 0.15) is 16.2 Å². The number of thioether (sulfide) groups is 1. The Kier molecular flexibility index (Phi) is 5.58. The first-order valence-electron chi connectivity index (χ1n) is 8.26. The highest BCUT2D eigenvalue weighted by atomic mass is 32.2. The lowest BCUT2D eigenvalue weighted by molar-refractivity contribution is -0.115. The van der Waals surface area contributed by atoms with Crippen molar-refractivity contribution in [2.24, 2.45) is 5.73 Å². The van der Waals surface area contributed by atoms with Gasteiger partial charge in [0.05, 0.1) is 22.3 Å². The van der Waals surface area contributed by atoms with Crippen molar-refractivity contribution in [2.45, 2.75) is 18.4 Å². The Labute approximate surface area is 155 Å². The van der Waals surface area contributed by atoms with Crippen LogP contribution in [0.15, 0.2) is 53.4 Å². The predicted octanol–water partition coefficient (Wildman–Crippen LogP) is 2.35. The van der Waals surface area contributed by atoms with Crippen LogP contribution >= 0.6 is 11.8 Å². The topological polar surface area (TPSA) is 90.0 Å². The van der Waals surface area contributed by atoms with E-state index in [0.717, 1.165) is 21.8 Å². The molecule has 0 radical (unpaired) electrons. The summed E-state index contributed by atoms with van der Waals surface area (Å²) < 4.78 is 2.09. The van der Waals surface area contributed by atoms with E-state index >= 15 is 0 Å². The highest BCUT2D eigenvalue weighted by Gasteiger charge is 2.12. The van der Waals surface area contributed by atoms with Crippen molar-refractivity contribution < 1.29 is 9.59 Å². The molecule has 2 aromatic carbocycles. The summed E-state index contributed by atoms with van der Waals surface area (Å²) in [7, 11) is 0. The number of aromatic nitrogens is 2. The van der Waals surface area contributed by atoms with Crippen molar-refractivity contribution in [2.75, 3.05) is 12.3 Å². The van der Waals surface area contributed by atoms with Gasteiger partial charge in [0.2, 0.25) is 5.91 Å². The van der Waals surface area contributed by atoms with Crippen LogP contribution in [0.2, 0.25) is 0 Å². The standard InChI is InChI=1S/C19H20N4O2S/c1-13-22-15-7-3-4-8-16(15)23(13)11-10-21-19(25)14-6-2-5-9-17(14)26-12-18(20)24/h2-9H,10-12H2,1H3,(H2,20,24)(H,21,25). The van der Waals surface area contributed by atoms with Gasteiger partial charge in [-0.15, -0.1) is 11.8 Å². The Morgan fingerprint density at radius 1 is 1.15 bits per heavy atom. The number of carbonyl (C=O) groups is 2. The summed E-state index contributed by atoms with van der Waals surface area (Å²) in [6.07, 6.45) is 0. The van der Waals surface area contributed by atoms with Gasteiger partial charge < -0.3 is 15.6 Å². The van der Waals surface area contributed by atoms with Gasteiger partial charge in [-0.25, -0.2) is 4.98 Å². The number of amides is 2. The molecule has 1 heterocycles. The van der Waals surface area contributed by atoms with Crippen LogP contribution in [-0.2, 0) is 11.3 Å². The Bertz CT molecular complexity index is 952. The van der Waals surface area contributed by atoms with E-state index in [1.54, 1.807) is 12.1 Å². The summed E-state index contributed by atoms with van der Waals surface area (Å²) in [5, 5.41) is 2.94. The Balaban J connectivity index is 1.66. The molecule has 2 amide bonds. The number of nitrogens with zero attached hydrogens (tertiary/aromatic N) is 2. The highest BCUT2D eigenvalue weighted by Crippen LogP contribution is 2.22. The zero-order chi connectivity index (χ0) is 18.5. The molecular weight excluding hydrogens is 348 g/mol. The Morgan fingerprint density at radius 3 is 2.69 bits per heavy atom. The molecule has 0 aliphatic carbocycles. The van der Waals surface area contributed by atoms with Crippen LogP contribution in [0.3, 0.4) is 0 Å². The lowest BCUT2D eigenvalue weighted by Crippen LogP contribution is -2.28. The van der Waals surface area contributed by atoms with Gasteiger partial charge in [0, 0.05) is 18.0 Å². The monoisotopic (exact) mass is 368 g/mol. The maximum Gasteiger partial charge on any atom is 0.252 e. The lowest BCUT2D eigenvalue weighted by Gasteiger charge is -2.11. The fourth-order valence-electron chi connectivity index (χ4n) is 2.78. The average molecular weight is 368 g/mol. The van der Waals surface area contributed by atoms with Crippen LogP contribution in [0.25, 0.3) is 11.0 Å². The third-order valence-corrected chi connectivity index (χ3v) is 5.06. The molecule has 0 bridgehead atoms. The van der Waals surface area contributed by atoms with E-state index < -0.39 is 5.91 Å². The molecule has 6 nitrogen and oxygen atoms in total. The Hall–Kier alpha value is -2.80. The number of para-hydroxylation sites is 2. The maximum absolute atomic E-state index is 12.5. The first-order valence-corrected chi connectivity index (χ1v) is 9.25. The van der Waals surface area contributed by atoms with Gasteiger partial charge in [0.15, 0.2) is 0 Å². The van der Waals surface area contributed by atoms with Crippen LogP contribution < -0.4 is 11.1 Å². The van der Waals surface area contributed by atoms with Gasteiger partial charge in [-0.1, -0.05) is 24.3 Å². The van der Waals surface area contributed by atoms with E-state index in [-0.39, 0.29) is 11.7 Å². The number of fused-ring (bicyclic) bond motifs is 1. The van der Waals surface area contributed by atoms with Crippen molar-refractivity contribution in [3.8, 4) is 0 Å². The fourth-order valence-corrected chi connectivity index (χ4v) is 3.57. The highest BCUT2D eigenvalue weighted by molar-refractivity contribution is 8.00. The van der Waals surface area contributed by atoms with Gasteiger partial charge in [-0.3, -0.25) is 9.59 Å². The molecule has 7 heteroatoms. The number of hydrogen-bond donors (Lipinski definition) is 2. The molecule has 0 spiro atoms. The largest absolute Gasteiger partial charge is 0.369 e. The van der Waals surface area contributed by atoms with Crippen LogP contribution in [0, 0.1) is 6.92 Å². The third-order valence-electron chi connectivity index (χ3n) is 3.97. The number of primary amides is 1. The quantitative estimate of drug-likeness (QED) is 0.627. The van der Waals surface area contributed by atoms with E-state index in [9.17, 15) is 9.59 Å². The second-order valence-corrected chi connectivity index (χ2v) is 6.82. The molecule has 3 aromatic rings. The zero-order valence-corrected chi connectivity index (χ0v) is 15.3. The first kappa shape index (κ1) is 18.0. The Morgan fingerprint density at radius 2 is 1.88 bits per heavy atom. The number of hydrogen-bond acceptors (Lipinski definition) is 4. The number of aryl methyl sites for hydroxylation is 1. The SMILES string of the molecule is Cc1nc2ccccc2n1CCNC(=O)c1ccccc1SCC(N)=O. The minimum absolute atomic E-state index is 0.143. The number of carbonyl (C=O) groups excluding carboxylic acids is 2. The van der Waals surface area contributed by atoms with Gasteiger partial charge in [0.1, 0.15) is 5.82 Å². The van der Waals surface area contributed by atoms with Crippen molar-refractivity contribution >= 4 is 34.6 Å². The van der Waals surface area contributed by atoms with Crippen LogP contribution in [0.4, 0.5) is 0 Å². The molecule has 0 atom stereocenters. The summed E-state index contributed by atoms with van der Waals surface area (Å²) in [6, 6.07) is 15.1. The third kappa shape index (κ3) is 4.05. The molecule has 0 unspecified atom stereocenters. The molecule has 0 fully saturated rings. The number of benzene rings is 2. The summed E-state index contributed by atoms with van der Waals surface area (Å²) in [4.78, 5) is 28.8. The average Bonchev–Trinajstić information content (AvgIpc) is 2.95. The smallest absolute Gasteiger partial charge is 0.252 e. The van der Waals surface area contributed by atoms with Gasteiger partial charge in [0.25, 0.3) is 5.91 Å². The summed E-state index contributed by atoms with van der Waals surface area (Å²) in [5.41, 5.74) is 7.74. The van der Waals surface area contributed by atoms with E-state index in [0.29, 0.717) is 18.7 Å². The maximum atomic E-state index is 12.5. The second kappa shape index (κ2) is 8.05. The van der Waals surface area contributed by atoms with Crippen LogP contribution in [-0.4, -0.2) is 33.7 Å². The minimum atomic E-state index is -0.410. The van der Waals surface area contributed by atoms with Crippen LogP contribution in [0.5, 0.6) is 0 Å². The van der Waals surface area contributed by atoms with Crippen molar-refractivity contribution in [3.63, 3.8) is 0 Å². The molecule has 0 saturated heterocycles. The van der Waals surface area contributed by atoms with E-state index in [4.69, 9.17) is 5.73 Å². The van der Waals surface area contributed by atoms with E-state index in [1.165, 1.54) is 11.8 Å². The molecule has 3 rings (SSSR count). The predicted molar refractivity (Wildman–Crippen MR) is 103 cm³/mol. The molecule has 134 valence electrons. The number of imidazole rings is 1. The molecule has 0 aliphatic heterocycles. The number of nitrogens with one attached hydrogen (secondary N) is 1. The van der Waals surface area contributed by atoms with Gasteiger partial charge >= 0.3 is 0 Å². The lowest BCUT2D eigenvalue weighted by atomic mass is 10.2. The second-order valence-electron chi connectivity index (χ2n) is 5.81. The summed E-state index contributed by atoms with van der Waals surface area (Å²) in [6.45, 7) is 3.07. The van der Waals surface area contributed by atoms with E-state index in [1.807, 2.05) is 43.3 Å². The minimum Gasteiger partial charge on any atom is -0.369 e. The van der Waals surface area contributed by atoms with Crippen molar-refractivity contribution in [3.05, 3.63) is 59.9 Å². The molecule has 26 heavy (non-hydrogen) atoms. The zero-order valence-electron chi connectivity index (χ0n) is 14.4. The van der Waals surface area contributed by atoms with Gasteiger partial charge in [-0.05, 0) is 31.2 Å². The number of rotatable bonds is 7. The van der Waals surface area contributed by atoms with Crippen molar-refractivity contribution in [1.29, 1.82) is 0 Å². The summed E-state index contributed by atoms with van der Waals surface area (Å²) in [5.74, 6) is 0.481. The molecule has 3 N–H and O–H groups in total. The summed E-state index contributed by atoms with van der Waals surface area (Å²) >= 11 is 1.27. The van der Waals surface area contributed by atoms with Crippen molar-refractivity contribution in [1.82, 2.24) is 14.9 Å². The number of nitrogens with two attached hydrogens (primary N) is 1. The molecule has 1 aromatic heterocycles. The molecule has 0 aliphatic rings. The van der Waals surface area contributed by atoms with E-state index in [2.05, 4.69) is 14.9 Å². The molecular formula is C19H20N4O2S. The fraction of sp³-hybridized carbons (Fsp3) is 0.211. The molecule has 0 saturated carbocycles. The van der Waals surface area contributed by atoms with Gasteiger partial charge in [-0.2, -0.15) is 0 Å².